The van der Waals surface area contributed by atoms with Crippen molar-refractivity contribution in [1.29, 1.82) is 0 Å². The highest BCUT2D eigenvalue weighted by Gasteiger charge is 2.39. The molecule has 1 aliphatic rings. The number of likely N-dealkylation sites (tertiary alicyclic amines) is 1. The molecule has 17 nitrogen and oxygen atoms in total. The molecule has 2 rings (SSSR count). The molecule has 1 aromatic carbocycles. The number of nitrogens with one attached hydrogen (secondary N) is 6. The van der Waals surface area contributed by atoms with Gasteiger partial charge in [-0.2, -0.15) is 0 Å². The Morgan fingerprint density at radius 2 is 1.38 bits per heavy atom. The van der Waals surface area contributed by atoms with Crippen LogP contribution in [0.15, 0.2) is 30.3 Å². The Balaban J connectivity index is 1.68. The van der Waals surface area contributed by atoms with E-state index in [1.807, 2.05) is 13.8 Å². The van der Waals surface area contributed by atoms with Gasteiger partial charge in [0, 0.05) is 50.7 Å². The Morgan fingerprint density at radius 1 is 0.755 bits per heavy atom. The van der Waals surface area contributed by atoms with Gasteiger partial charge < -0.3 is 36.6 Å². The first-order chi connectivity index (χ1) is 25.2. The van der Waals surface area contributed by atoms with E-state index in [1.165, 1.54) is 4.90 Å². The number of hydrogen-bond acceptors (Lipinski definition) is 10. The molecule has 53 heavy (non-hydrogen) atoms. The van der Waals surface area contributed by atoms with E-state index in [0.717, 1.165) is 5.56 Å². The van der Waals surface area contributed by atoms with Crippen molar-refractivity contribution in [2.24, 2.45) is 17.8 Å². The summed E-state index contributed by atoms with van der Waals surface area (Å²) in [5.74, 6) is -3.84. The van der Waals surface area contributed by atoms with Crippen LogP contribution in [0, 0.1) is 17.8 Å². The van der Waals surface area contributed by atoms with Crippen LogP contribution >= 0.6 is 0 Å². The summed E-state index contributed by atoms with van der Waals surface area (Å²) in [6, 6.07) is 7.76. The molecule has 6 N–H and O–H groups in total. The SMILES string of the molecule is CC(C)C(=O)COC(=O)NCCNC(=O)CNC(=O)[C@H](Cc1ccccc1)NC(=O)CNC(=O)CNC(=O)CCCCCN1C(=O)CC(C(C)C)C1=O. The number of ketones is 1. The molecule has 0 bridgehead atoms. The molecule has 1 aromatic rings. The Hall–Kier alpha value is -5.35. The highest BCUT2D eigenvalue weighted by atomic mass is 16.6. The summed E-state index contributed by atoms with van der Waals surface area (Å²) in [4.78, 5) is 111. The quantitative estimate of drug-likeness (QED) is 0.0633. The minimum atomic E-state index is -1.09. The second-order valence-corrected chi connectivity index (χ2v) is 13.3. The van der Waals surface area contributed by atoms with Crippen molar-refractivity contribution < 1.29 is 47.9 Å². The van der Waals surface area contributed by atoms with Gasteiger partial charge in [0.1, 0.15) is 6.04 Å². The molecule has 1 heterocycles. The molecule has 1 saturated heterocycles. The van der Waals surface area contributed by atoms with Gasteiger partial charge in [0.25, 0.3) is 0 Å². The highest BCUT2D eigenvalue weighted by Crippen LogP contribution is 2.26. The molecule has 1 unspecified atom stereocenters. The van der Waals surface area contributed by atoms with E-state index >= 15 is 0 Å². The standard InChI is InChI=1S/C36H53N7O10/c1-23(2)26-18-33(49)43(35(26)51)16-10-6-9-13-29(45)39-19-31(47)40-21-32(48)42-27(17-25-11-7-5-8-12-25)34(50)41-20-30(46)37-14-15-38-36(52)53-22-28(44)24(3)4/h5,7-8,11-12,23-24,26-27H,6,9-10,13-22H2,1-4H3,(H,37,46)(H,38,52)(H,39,45)(H,40,47)(H,41,50)(H,42,48)/t26?,27-/m0/s1. The summed E-state index contributed by atoms with van der Waals surface area (Å²) in [7, 11) is 0. The second-order valence-electron chi connectivity index (χ2n) is 13.3. The summed E-state index contributed by atoms with van der Waals surface area (Å²) in [6.07, 6.45) is 1.36. The molecule has 2 atom stereocenters. The molecule has 1 aliphatic heterocycles. The van der Waals surface area contributed by atoms with Gasteiger partial charge in [-0.1, -0.05) is 64.4 Å². The summed E-state index contributed by atoms with van der Waals surface area (Å²) in [6.45, 7) is 5.95. The fourth-order valence-electron chi connectivity index (χ4n) is 5.08. The topological polar surface area (TPSA) is 238 Å². The number of hydrogen-bond donors (Lipinski definition) is 6. The van der Waals surface area contributed by atoms with Crippen LogP contribution in [-0.4, -0.2) is 110 Å². The minimum absolute atomic E-state index is 0.0165. The average molecular weight is 744 g/mol. The number of unbranched alkanes of at least 4 members (excludes halogenated alkanes) is 2. The van der Waals surface area contributed by atoms with Crippen LogP contribution in [0.5, 0.6) is 0 Å². The van der Waals surface area contributed by atoms with E-state index in [2.05, 4.69) is 31.9 Å². The lowest BCUT2D eigenvalue weighted by Crippen LogP contribution is -2.52. The average Bonchev–Trinajstić information content (AvgIpc) is 3.41. The maximum atomic E-state index is 13.0. The number of carbonyl (C=O) groups excluding carboxylic acids is 9. The van der Waals surface area contributed by atoms with E-state index in [1.54, 1.807) is 44.2 Å². The van der Waals surface area contributed by atoms with E-state index in [9.17, 15) is 43.2 Å². The minimum Gasteiger partial charge on any atom is -0.442 e. The number of rotatable bonds is 23. The summed E-state index contributed by atoms with van der Waals surface area (Å²) in [5, 5.41) is 14.8. The van der Waals surface area contributed by atoms with Gasteiger partial charge in [-0.3, -0.25) is 43.3 Å². The van der Waals surface area contributed by atoms with Crippen molar-refractivity contribution in [1.82, 2.24) is 36.8 Å². The molecule has 292 valence electrons. The monoisotopic (exact) mass is 743 g/mol. The number of carbonyl (C=O) groups is 9. The number of ether oxygens (including phenoxy) is 1. The highest BCUT2D eigenvalue weighted by molar-refractivity contribution is 6.03. The molecule has 17 heteroatoms. The van der Waals surface area contributed by atoms with Crippen LogP contribution in [0.4, 0.5) is 4.79 Å². The lowest BCUT2D eigenvalue weighted by molar-refractivity contribution is -0.140. The molecule has 0 spiro atoms. The van der Waals surface area contributed by atoms with E-state index in [-0.39, 0.29) is 86.8 Å². The van der Waals surface area contributed by atoms with Crippen molar-refractivity contribution in [2.45, 2.75) is 72.3 Å². The van der Waals surface area contributed by atoms with Gasteiger partial charge >= 0.3 is 6.09 Å². The number of amides is 8. The summed E-state index contributed by atoms with van der Waals surface area (Å²) < 4.78 is 4.79. The van der Waals surface area contributed by atoms with E-state index in [4.69, 9.17) is 4.74 Å². The Morgan fingerprint density at radius 3 is 2.04 bits per heavy atom. The molecule has 0 aromatic heterocycles. The van der Waals surface area contributed by atoms with Crippen LogP contribution in [0.2, 0.25) is 0 Å². The van der Waals surface area contributed by atoms with Crippen molar-refractivity contribution in [3.05, 3.63) is 35.9 Å². The third kappa shape index (κ3) is 17.1. The first kappa shape index (κ1) is 43.8. The summed E-state index contributed by atoms with van der Waals surface area (Å²) in [5.41, 5.74) is 0.731. The fraction of sp³-hybridized carbons (Fsp3) is 0.583. The zero-order valence-corrected chi connectivity index (χ0v) is 30.9. The van der Waals surface area contributed by atoms with Gasteiger partial charge in [0.2, 0.25) is 41.4 Å². The largest absolute Gasteiger partial charge is 0.442 e. The fourth-order valence-corrected chi connectivity index (χ4v) is 5.08. The Bertz CT molecular complexity index is 1450. The smallest absolute Gasteiger partial charge is 0.407 e. The molecular weight excluding hydrogens is 690 g/mol. The van der Waals surface area contributed by atoms with Crippen LogP contribution in [0.3, 0.4) is 0 Å². The number of nitrogens with zero attached hydrogens (tertiary/aromatic N) is 1. The molecular formula is C36H53N7O10. The van der Waals surface area contributed by atoms with Crippen molar-refractivity contribution in [3.8, 4) is 0 Å². The molecule has 1 fully saturated rings. The predicted octanol–water partition coefficient (Wildman–Crippen LogP) is -0.278. The number of benzene rings is 1. The zero-order valence-electron chi connectivity index (χ0n) is 30.9. The van der Waals surface area contributed by atoms with Gasteiger partial charge in [-0.15, -0.1) is 0 Å². The van der Waals surface area contributed by atoms with Crippen LogP contribution in [-0.2, 0) is 49.5 Å². The lowest BCUT2D eigenvalue weighted by Gasteiger charge is -2.19. The third-order valence-corrected chi connectivity index (χ3v) is 8.32. The van der Waals surface area contributed by atoms with Gasteiger partial charge in [-0.05, 0) is 24.3 Å². The molecule has 0 saturated carbocycles. The number of alkyl carbamates (subject to hydrolysis) is 1. The number of imide groups is 1. The van der Waals surface area contributed by atoms with Crippen molar-refractivity contribution in [3.63, 3.8) is 0 Å². The van der Waals surface area contributed by atoms with Crippen LogP contribution in [0.25, 0.3) is 0 Å². The van der Waals surface area contributed by atoms with Crippen LogP contribution < -0.4 is 31.9 Å². The van der Waals surface area contributed by atoms with Gasteiger partial charge in [-0.25, -0.2) is 4.79 Å². The van der Waals surface area contributed by atoms with Gasteiger partial charge in [0.15, 0.2) is 12.4 Å². The maximum Gasteiger partial charge on any atom is 0.407 e. The third-order valence-electron chi connectivity index (χ3n) is 8.32. The number of Topliss-reactive ketones (excluding diaryl/α,β-unsaturated/α-hetero) is 1. The van der Waals surface area contributed by atoms with E-state index < -0.39 is 48.9 Å². The Labute approximate surface area is 309 Å². The maximum absolute atomic E-state index is 13.0. The van der Waals surface area contributed by atoms with Crippen LogP contribution in [0.1, 0.15) is 65.4 Å². The predicted molar refractivity (Wildman–Crippen MR) is 191 cm³/mol. The van der Waals surface area contributed by atoms with Crippen molar-refractivity contribution >= 4 is 53.2 Å². The van der Waals surface area contributed by atoms with E-state index in [0.29, 0.717) is 25.8 Å². The first-order valence-electron chi connectivity index (χ1n) is 17.9. The van der Waals surface area contributed by atoms with Crippen molar-refractivity contribution in [2.75, 3.05) is 45.9 Å². The zero-order chi connectivity index (χ0) is 39.3. The second kappa shape index (κ2) is 23.3. The van der Waals surface area contributed by atoms with Gasteiger partial charge in [0.05, 0.1) is 19.6 Å². The normalized spacial score (nSPS) is 14.4. The molecule has 0 radical (unpaired) electrons. The summed E-state index contributed by atoms with van der Waals surface area (Å²) >= 11 is 0. The first-order valence-corrected chi connectivity index (χ1v) is 17.9. The lowest BCUT2D eigenvalue weighted by atomic mass is 9.94. The molecule has 8 amide bonds. The Kier molecular flexibility index (Phi) is 19.2. The molecule has 0 aliphatic carbocycles.